The minimum absolute atomic E-state index is 0.394. The van der Waals surface area contributed by atoms with E-state index >= 15 is 0 Å². The molecule has 0 bridgehead atoms. The van der Waals surface area contributed by atoms with Crippen LogP contribution < -0.4 is 11.1 Å². The van der Waals surface area contributed by atoms with Crippen LogP contribution in [0.5, 0.6) is 0 Å². The number of nitrogens with one attached hydrogen (secondary N) is 1. The number of aryl methyl sites for hydroxylation is 1. The normalized spacial score (nSPS) is 22.6. The van der Waals surface area contributed by atoms with Crippen molar-refractivity contribution >= 4 is 23.0 Å². The third-order valence-corrected chi connectivity index (χ3v) is 4.67. The second kappa shape index (κ2) is 6.48. The van der Waals surface area contributed by atoms with Crippen LogP contribution in [0.3, 0.4) is 0 Å². The summed E-state index contributed by atoms with van der Waals surface area (Å²) in [6.07, 6.45) is 6.23. The number of nitrogens with zero attached hydrogens (tertiary/aromatic N) is 2. The highest BCUT2D eigenvalue weighted by molar-refractivity contribution is 7.80. The fourth-order valence-corrected chi connectivity index (χ4v) is 3.17. The maximum absolute atomic E-state index is 5.86. The molecule has 1 aromatic rings. The lowest BCUT2D eigenvalue weighted by Crippen LogP contribution is -2.28. The molecular weight excluding hydrogens is 268 g/mol. The fourth-order valence-electron chi connectivity index (χ4n) is 2.92. The zero-order chi connectivity index (χ0) is 14.7. The topological polar surface area (TPSA) is 63.8 Å². The van der Waals surface area contributed by atoms with Gasteiger partial charge >= 0.3 is 0 Å². The Morgan fingerprint density at radius 3 is 2.45 bits per heavy atom. The molecule has 20 heavy (non-hydrogen) atoms. The summed E-state index contributed by atoms with van der Waals surface area (Å²) >= 11 is 5.17. The van der Waals surface area contributed by atoms with Gasteiger partial charge in [-0.05, 0) is 51.0 Å². The van der Waals surface area contributed by atoms with E-state index in [1.165, 1.54) is 32.1 Å². The summed E-state index contributed by atoms with van der Waals surface area (Å²) in [7, 11) is 0. The van der Waals surface area contributed by atoms with Gasteiger partial charge in [-0.25, -0.2) is 0 Å². The van der Waals surface area contributed by atoms with E-state index in [1.807, 2.05) is 13.8 Å². The van der Waals surface area contributed by atoms with Gasteiger partial charge in [-0.2, -0.15) is 5.10 Å². The number of thiocarbonyl (C=S) groups is 1. The van der Waals surface area contributed by atoms with E-state index in [2.05, 4.69) is 22.4 Å². The molecule has 0 atom stereocenters. The van der Waals surface area contributed by atoms with E-state index in [0.29, 0.717) is 11.0 Å². The molecule has 4 nitrogen and oxygen atoms in total. The predicted octanol–water partition coefficient (Wildman–Crippen LogP) is 3.11. The molecule has 3 N–H and O–H groups in total. The smallest absolute Gasteiger partial charge is 0.159 e. The number of hydrogen-bond donors (Lipinski definition) is 2. The molecule has 0 radical (unpaired) electrons. The Morgan fingerprint density at radius 1 is 1.25 bits per heavy atom. The molecule has 0 saturated heterocycles. The molecular formula is C15H24N4S. The molecule has 5 heteroatoms. The van der Waals surface area contributed by atoms with Gasteiger partial charge < -0.3 is 11.1 Å². The summed E-state index contributed by atoms with van der Waals surface area (Å²) in [6.45, 7) is 6.20. The summed E-state index contributed by atoms with van der Waals surface area (Å²) in [6, 6.07) is 0.460. The summed E-state index contributed by atoms with van der Waals surface area (Å²) < 4.78 is 0. The largest absolute Gasteiger partial charge is 0.389 e. The number of aromatic nitrogens is 2. The van der Waals surface area contributed by atoms with Crippen molar-refractivity contribution in [3.63, 3.8) is 0 Å². The quantitative estimate of drug-likeness (QED) is 0.835. The Balaban J connectivity index is 2.14. The van der Waals surface area contributed by atoms with Crippen molar-refractivity contribution in [2.45, 2.75) is 58.9 Å². The first-order chi connectivity index (χ1) is 9.52. The summed E-state index contributed by atoms with van der Waals surface area (Å²) in [5, 5.41) is 12.0. The Labute approximate surface area is 126 Å². The maximum atomic E-state index is 5.86. The Morgan fingerprint density at radius 2 is 1.90 bits per heavy atom. The maximum Gasteiger partial charge on any atom is 0.159 e. The first kappa shape index (κ1) is 15.2. The highest BCUT2D eigenvalue weighted by atomic mass is 32.1. The van der Waals surface area contributed by atoms with Gasteiger partial charge in [0.25, 0.3) is 0 Å². The van der Waals surface area contributed by atoms with Crippen molar-refractivity contribution in [3.05, 3.63) is 16.8 Å². The summed E-state index contributed by atoms with van der Waals surface area (Å²) in [4.78, 5) is 0.394. The molecule has 1 saturated carbocycles. The lowest BCUT2D eigenvalue weighted by Gasteiger charge is -2.29. The monoisotopic (exact) mass is 292 g/mol. The molecule has 0 aliphatic heterocycles. The van der Waals surface area contributed by atoms with E-state index in [-0.39, 0.29) is 0 Å². The molecule has 0 unspecified atom stereocenters. The van der Waals surface area contributed by atoms with Crippen molar-refractivity contribution < 1.29 is 0 Å². The van der Waals surface area contributed by atoms with Crippen molar-refractivity contribution in [2.75, 3.05) is 5.32 Å². The molecule has 2 rings (SSSR count). The second-order valence-corrected chi connectivity index (χ2v) is 6.21. The molecule has 0 spiro atoms. The molecule has 0 amide bonds. The second-order valence-electron chi connectivity index (χ2n) is 5.77. The highest BCUT2D eigenvalue weighted by Gasteiger charge is 2.22. The SMILES string of the molecule is CCC1CCC(Nc2nnc(C)c(C)c2C(N)=S)CC1. The van der Waals surface area contributed by atoms with Crippen LogP contribution in [0.15, 0.2) is 0 Å². The molecule has 110 valence electrons. The Bertz CT molecular complexity index is 493. The average molecular weight is 292 g/mol. The van der Waals surface area contributed by atoms with Crippen LogP contribution in [0.25, 0.3) is 0 Å². The van der Waals surface area contributed by atoms with E-state index < -0.39 is 0 Å². The van der Waals surface area contributed by atoms with Crippen LogP contribution >= 0.6 is 12.2 Å². The zero-order valence-electron chi connectivity index (χ0n) is 12.6. The van der Waals surface area contributed by atoms with Crippen molar-refractivity contribution in [1.29, 1.82) is 0 Å². The minimum Gasteiger partial charge on any atom is -0.389 e. The molecule has 1 aliphatic carbocycles. The highest BCUT2D eigenvalue weighted by Crippen LogP contribution is 2.29. The van der Waals surface area contributed by atoms with E-state index in [4.69, 9.17) is 18.0 Å². The lowest BCUT2D eigenvalue weighted by atomic mass is 9.84. The van der Waals surface area contributed by atoms with Crippen LogP contribution in [0.4, 0.5) is 5.82 Å². The molecule has 1 aromatic heterocycles. The Hall–Kier alpha value is -1.23. The lowest BCUT2D eigenvalue weighted by molar-refractivity contribution is 0.329. The third kappa shape index (κ3) is 3.26. The predicted molar refractivity (Wildman–Crippen MR) is 87.1 cm³/mol. The fraction of sp³-hybridized carbons (Fsp3) is 0.667. The molecule has 1 fully saturated rings. The van der Waals surface area contributed by atoms with Crippen molar-refractivity contribution in [2.24, 2.45) is 11.7 Å². The van der Waals surface area contributed by atoms with Gasteiger partial charge in [-0.15, -0.1) is 5.10 Å². The van der Waals surface area contributed by atoms with Crippen LogP contribution in [-0.4, -0.2) is 21.2 Å². The summed E-state index contributed by atoms with van der Waals surface area (Å²) in [5.41, 5.74) is 8.62. The minimum atomic E-state index is 0.394. The van der Waals surface area contributed by atoms with E-state index in [0.717, 1.165) is 28.6 Å². The van der Waals surface area contributed by atoms with Gasteiger partial charge in [0, 0.05) is 6.04 Å². The summed E-state index contributed by atoms with van der Waals surface area (Å²) in [5.74, 6) is 1.63. The molecule has 1 heterocycles. The van der Waals surface area contributed by atoms with Crippen LogP contribution in [0.2, 0.25) is 0 Å². The number of rotatable bonds is 4. The zero-order valence-corrected chi connectivity index (χ0v) is 13.4. The van der Waals surface area contributed by atoms with Crippen LogP contribution in [0.1, 0.15) is 55.8 Å². The van der Waals surface area contributed by atoms with E-state index in [1.54, 1.807) is 0 Å². The number of hydrogen-bond acceptors (Lipinski definition) is 4. The van der Waals surface area contributed by atoms with Crippen molar-refractivity contribution in [1.82, 2.24) is 10.2 Å². The number of anilines is 1. The van der Waals surface area contributed by atoms with Crippen LogP contribution in [-0.2, 0) is 0 Å². The first-order valence-electron chi connectivity index (χ1n) is 7.43. The van der Waals surface area contributed by atoms with E-state index in [9.17, 15) is 0 Å². The van der Waals surface area contributed by atoms with Gasteiger partial charge in [0.1, 0.15) is 4.99 Å². The first-order valence-corrected chi connectivity index (χ1v) is 7.84. The van der Waals surface area contributed by atoms with Gasteiger partial charge in [-0.3, -0.25) is 0 Å². The average Bonchev–Trinajstić information content (AvgIpc) is 2.43. The van der Waals surface area contributed by atoms with Crippen molar-refractivity contribution in [3.8, 4) is 0 Å². The number of nitrogens with two attached hydrogens (primary N) is 1. The van der Waals surface area contributed by atoms with Gasteiger partial charge in [-0.1, -0.05) is 25.6 Å². The standard InChI is InChI=1S/C15H24N4S/c1-4-11-5-7-12(8-6-11)17-15-13(14(16)20)9(2)10(3)18-19-15/h11-12H,4-8H2,1-3H3,(H2,16,20)(H,17,19). The third-order valence-electron chi connectivity index (χ3n) is 4.47. The van der Waals surface area contributed by atoms with Crippen LogP contribution in [0, 0.1) is 19.8 Å². The van der Waals surface area contributed by atoms with Gasteiger partial charge in [0.2, 0.25) is 0 Å². The molecule has 0 aromatic carbocycles. The Kier molecular flexibility index (Phi) is 4.91. The van der Waals surface area contributed by atoms with Gasteiger partial charge in [0.05, 0.1) is 11.3 Å². The molecule has 1 aliphatic rings. The van der Waals surface area contributed by atoms with Gasteiger partial charge in [0.15, 0.2) is 5.82 Å².